The zero-order valence-corrected chi connectivity index (χ0v) is 10.5. The van der Waals surface area contributed by atoms with Gasteiger partial charge in [0.1, 0.15) is 11.0 Å². The Hall–Kier alpha value is -1.40. The number of aliphatic hydroxyl groups excluding tert-OH is 1. The van der Waals surface area contributed by atoms with E-state index in [1.54, 1.807) is 24.3 Å². The predicted octanol–water partition coefficient (Wildman–Crippen LogP) is 0.579. The molecule has 0 saturated heterocycles. The first-order valence-electron chi connectivity index (χ1n) is 4.99. The fourth-order valence-corrected chi connectivity index (χ4v) is 2.32. The third kappa shape index (κ3) is 3.28. The quantitative estimate of drug-likeness (QED) is 0.469. The first kappa shape index (κ1) is 13.7. The van der Waals surface area contributed by atoms with Crippen molar-refractivity contribution in [3.05, 3.63) is 35.4 Å². The monoisotopic (exact) mass is 257 g/mol. The number of nitrogens with zero attached hydrogens (tertiary/aromatic N) is 1. The third-order valence-corrected chi connectivity index (χ3v) is 3.85. The molecule has 0 aliphatic carbocycles. The third-order valence-electron chi connectivity index (χ3n) is 2.44. The molecule has 0 aliphatic rings. The summed E-state index contributed by atoms with van der Waals surface area (Å²) in [5.74, 6) is 0. The predicted molar refractivity (Wildman–Crippen MR) is 65.2 cm³/mol. The highest BCUT2D eigenvalue weighted by Gasteiger charge is 2.27. The van der Waals surface area contributed by atoms with Gasteiger partial charge in [-0.15, -0.1) is 0 Å². The van der Waals surface area contributed by atoms with Crippen molar-refractivity contribution in [2.45, 2.75) is 12.2 Å². The van der Waals surface area contributed by atoms with E-state index in [0.29, 0.717) is 5.56 Å². The minimum absolute atomic E-state index is 0.0463. The van der Waals surface area contributed by atoms with Crippen molar-refractivity contribution in [3.8, 4) is 0 Å². The highest BCUT2D eigenvalue weighted by molar-refractivity contribution is 7.92. The van der Waals surface area contributed by atoms with Gasteiger partial charge in [-0.2, -0.15) is 0 Å². The van der Waals surface area contributed by atoms with Crippen LogP contribution in [0.3, 0.4) is 0 Å². The van der Waals surface area contributed by atoms with Gasteiger partial charge in [0.15, 0.2) is 9.84 Å². The number of oxime groups is 1. The van der Waals surface area contributed by atoms with Gasteiger partial charge >= 0.3 is 0 Å². The molecule has 94 valence electrons. The molecule has 17 heavy (non-hydrogen) atoms. The Bertz CT molecular complexity index is 505. The topological polar surface area (TPSA) is 87.0 Å². The second-order valence-corrected chi connectivity index (χ2v) is 6.08. The Morgan fingerprint density at radius 2 is 1.88 bits per heavy atom. The van der Waals surface area contributed by atoms with Gasteiger partial charge < -0.3 is 10.3 Å². The summed E-state index contributed by atoms with van der Waals surface area (Å²) in [6, 6.07) is 6.85. The molecule has 0 aliphatic heterocycles. The van der Waals surface area contributed by atoms with Gasteiger partial charge in [-0.25, -0.2) is 8.42 Å². The summed E-state index contributed by atoms with van der Waals surface area (Å²) in [7, 11) is -3.53. The van der Waals surface area contributed by atoms with E-state index in [1.165, 1.54) is 0 Å². The van der Waals surface area contributed by atoms with Gasteiger partial charge in [-0.3, -0.25) is 0 Å². The van der Waals surface area contributed by atoms with Crippen LogP contribution in [0.4, 0.5) is 0 Å². The average Bonchev–Trinajstić information content (AvgIpc) is 2.25. The number of benzene rings is 1. The lowest BCUT2D eigenvalue weighted by Crippen LogP contribution is -2.33. The van der Waals surface area contributed by atoms with Crippen molar-refractivity contribution >= 4 is 15.5 Å². The van der Waals surface area contributed by atoms with Crippen molar-refractivity contribution in [1.29, 1.82) is 0 Å². The van der Waals surface area contributed by atoms with Gasteiger partial charge in [0.05, 0.1) is 6.61 Å². The largest absolute Gasteiger partial charge is 0.411 e. The van der Waals surface area contributed by atoms with E-state index in [2.05, 4.69) is 5.16 Å². The summed E-state index contributed by atoms with van der Waals surface area (Å²) in [4.78, 5) is 0. The van der Waals surface area contributed by atoms with Gasteiger partial charge in [0.25, 0.3) is 0 Å². The van der Waals surface area contributed by atoms with Crippen LogP contribution < -0.4 is 0 Å². The standard InChI is InChI=1S/C11H15NO4S/c1-8-3-5-9(6-4-8)11(12-14)10(7-13)17(2,15)16/h3-6,10,13-14H,7H2,1-2H3/b12-11-/t10-/m0/s1. The fourth-order valence-electron chi connectivity index (χ4n) is 1.46. The van der Waals surface area contributed by atoms with Crippen LogP contribution in [0.5, 0.6) is 0 Å². The van der Waals surface area contributed by atoms with Gasteiger partial charge in [-0.05, 0) is 6.92 Å². The molecule has 0 fully saturated rings. The Kier molecular flexibility index (Phi) is 4.25. The molecule has 0 spiro atoms. The highest BCUT2D eigenvalue weighted by Crippen LogP contribution is 2.12. The summed E-state index contributed by atoms with van der Waals surface area (Å²) in [6.45, 7) is 1.27. The van der Waals surface area contributed by atoms with E-state index in [4.69, 9.17) is 10.3 Å². The molecule has 0 aromatic heterocycles. The molecule has 1 aromatic rings. The summed E-state index contributed by atoms with van der Waals surface area (Å²) in [5.41, 5.74) is 1.43. The molecule has 0 amide bonds. The van der Waals surface area contributed by atoms with Crippen LogP contribution in [0.2, 0.25) is 0 Å². The van der Waals surface area contributed by atoms with E-state index in [0.717, 1.165) is 11.8 Å². The van der Waals surface area contributed by atoms with Gasteiger partial charge in [-0.1, -0.05) is 35.0 Å². The lowest BCUT2D eigenvalue weighted by molar-refractivity contribution is 0.296. The molecule has 5 nitrogen and oxygen atoms in total. The Morgan fingerprint density at radius 3 is 2.24 bits per heavy atom. The fraction of sp³-hybridized carbons (Fsp3) is 0.364. The summed E-state index contributed by atoms with van der Waals surface area (Å²) < 4.78 is 22.9. The molecular weight excluding hydrogens is 242 g/mol. The zero-order chi connectivity index (χ0) is 13.1. The molecule has 0 heterocycles. The number of hydrogen-bond donors (Lipinski definition) is 2. The van der Waals surface area contributed by atoms with Crippen molar-refractivity contribution < 1.29 is 18.7 Å². The van der Waals surface area contributed by atoms with Crippen LogP contribution in [-0.4, -0.2) is 42.6 Å². The smallest absolute Gasteiger partial charge is 0.158 e. The van der Waals surface area contributed by atoms with E-state index < -0.39 is 21.7 Å². The first-order chi connectivity index (χ1) is 7.90. The molecule has 2 N–H and O–H groups in total. The maximum absolute atomic E-state index is 11.5. The number of aryl methyl sites for hydroxylation is 1. The van der Waals surface area contributed by atoms with Crippen LogP contribution in [0.15, 0.2) is 29.4 Å². The molecule has 1 rings (SSSR count). The number of rotatable bonds is 4. The number of hydrogen-bond acceptors (Lipinski definition) is 5. The number of sulfone groups is 1. The van der Waals surface area contributed by atoms with Gasteiger partial charge in [0, 0.05) is 11.8 Å². The summed E-state index contributed by atoms with van der Waals surface area (Å²) >= 11 is 0. The van der Waals surface area contributed by atoms with Crippen molar-refractivity contribution in [3.63, 3.8) is 0 Å². The van der Waals surface area contributed by atoms with Gasteiger partial charge in [0.2, 0.25) is 0 Å². The van der Waals surface area contributed by atoms with Crippen molar-refractivity contribution in [2.75, 3.05) is 12.9 Å². The number of aliphatic hydroxyl groups is 1. The molecule has 0 saturated carbocycles. The molecule has 0 unspecified atom stereocenters. The van der Waals surface area contributed by atoms with Crippen LogP contribution >= 0.6 is 0 Å². The molecule has 6 heteroatoms. The van der Waals surface area contributed by atoms with Crippen molar-refractivity contribution in [2.24, 2.45) is 5.16 Å². The van der Waals surface area contributed by atoms with Crippen LogP contribution in [-0.2, 0) is 9.84 Å². The lowest BCUT2D eigenvalue weighted by Gasteiger charge is -2.14. The maximum atomic E-state index is 11.5. The maximum Gasteiger partial charge on any atom is 0.158 e. The Labute approximate surface area is 100 Å². The van der Waals surface area contributed by atoms with Crippen LogP contribution in [0, 0.1) is 6.92 Å². The SMILES string of the molecule is Cc1ccc(/C(=N/O)[C@H](CO)S(C)(=O)=O)cc1. The molecule has 0 bridgehead atoms. The minimum atomic E-state index is -3.53. The summed E-state index contributed by atoms with van der Waals surface area (Å²) in [5, 5.41) is 19.8. The molecule has 1 atom stereocenters. The molecule has 0 radical (unpaired) electrons. The Balaban J connectivity index is 3.20. The van der Waals surface area contributed by atoms with Crippen LogP contribution in [0.25, 0.3) is 0 Å². The van der Waals surface area contributed by atoms with E-state index in [-0.39, 0.29) is 5.71 Å². The lowest BCUT2D eigenvalue weighted by atomic mass is 10.1. The average molecular weight is 257 g/mol. The van der Waals surface area contributed by atoms with E-state index >= 15 is 0 Å². The highest BCUT2D eigenvalue weighted by atomic mass is 32.2. The zero-order valence-electron chi connectivity index (χ0n) is 9.66. The first-order valence-corrected chi connectivity index (χ1v) is 6.94. The summed E-state index contributed by atoms with van der Waals surface area (Å²) in [6.07, 6.45) is 0.993. The molecular formula is C11H15NO4S. The van der Waals surface area contributed by atoms with Crippen molar-refractivity contribution in [1.82, 2.24) is 0 Å². The second kappa shape index (κ2) is 5.29. The molecule has 1 aromatic carbocycles. The van der Waals surface area contributed by atoms with E-state index in [1.807, 2.05) is 6.92 Å². The Morgan fingerprint density at radius 1 is 1.35 bits per heavy atom. The normalized spacial score (nSPS) is 14.6. The van der Waals surface area contributed by atoms with E-state index in [9.17, 15) is 8.42 Å². The van der Waals surface area contributed by atoms with Crippen LogP contribution in [0.1, 0.15) is 11.1 Å². The minimum Gasteiger partial charge on any atom is -0.411 e. The second-order valence-electron chi connectivity index (χ2n) is 3.85.